The van der Waals surface area contributed by atoms with Crippen molar-refractivity contribution >= 4 is 40.2 Å². The molecule has 0 unspecified atom stereocenters. The molecule has 2 aromatic rings. The largest absolute Gasteiger partial charge is 0.473 e. The number of carboxylic acid groups (broad SMARTS) is 2. The second-order valence-corrected chi connectivity index (χ2v) is 6.94. The summed E-state index contributed by atoms with van der Waals surface area (Å²) in [4.78, 5) is 45.0. The molecule has 10 heteroatoms. The molecule has 31 heavy (non-hydrogen) atoms. The van der Waals surface area contributed by atoms with Crippen LogP contribution in [0, 0.1) is 0 Å². The van der Waals surface area contributed by atoms with Gasteiger partial charge in [-0.1, -0.05) is 44.2 Å². The number of ether oxygens (including phenoxy) is 1. The third-order valence-electron chi connectivity index (χ3n) is 4.05. The molecule has 0 fully saturated rings. The number of carbonyl (C=O) groups excluding carboxylic acids is 2. The van der Waals surface area contributed by atoms with Crippen LogP contribution in [-0.2, 0) is 19.1 Å². The number of carbonyl (C=O) groups is 4. The van der Waals surface area contributed by atoms with Crippen molar-refractivity contribution in [2.75, 3.05) is 31.6 Å². The minimum absolute atomic E-state index is 0.129. The Bertz CT molecular complexity index is 880. The number of aliphatic carboxylic acids is 2. The zero-order valence-corrected chi connectivity index (χ0v) is 18.4. The maximum atomic E-state index is 12.5. The normalized spacial score (nSPS) is 10.1. The molecule has 0 saturated carbocycles. The van der Waals surface area contributed by atoms with Crippen LogP contribution in [0.5, 0.6) is 0 Å². The number of hydrogen-bond donors (Lipinski definition) is 3. The minimum atomic E-state index is -1.82. The van der Waals surface area contributed by atoms with Gasteiger partial charge in [-0.15, -0.1) is 11.3 Å². The van der Waals surface area contributed by atoms with Gasteiger partial charge in [0, 0.05) is 10.9 Å². The summed E-state index contributed by atoms with van der Waals surface area (Å²) >= 11 is 1.34. The maximum absolute atomic E-state index is 12.5. The molecule has 1 aromatic carbocycles. The van der Waals surface area contributed by atoms with Crippen LogP contribution in [0.25, 0.3) is 11.1 Å². The monoisotopic (exact) mass is 450 g/mol. The summed E-state index contributed by atoms with van der Waals surface area (Å²) < 4.78 is 5.20. The molecule has 3 N–H and O–H groups in total. The van der Waals surface area contributed by atoms with Crippen LogP contribution < -0.4 is 5.32 Å². The second kappa shape index (κ2) is 13.1. The van der Waals surface area contributed by atoms with E-state index >= 15 is 0 Å². The molecule has 0 spiro atoms. The fourth-order valence-electron chi connectivity index (χ4n) is 2.50. The van der Waals surface area contributed by atoms with Gasteiger partial charge in [0.2, 0.25) is 5.91 Å². The lowest BCUT2D eigenvalue weighted by Gasteiger charge is -2.17. The lowest BCUT2D eigenvalue weighted by Crippen LogP contribution is -2.33. The van der Waals surface area contributed by atoms with Gasteiger partial charge in [-0.3, -0.25) is 9.69 Å². The van der Waals surface area contributed by atoms with Gasteiger partial charge in [0.1, 0.15) is 10.6 Å². The Kier molecular flexibility index (Phi) is 10.9. The molecule has 0 aliphatic heterocycles. The number of hydrogen-bond acceptors (Lipinski definition) is 7. The predicted octanol–water partition coefficient (Wildman–Crippen LogP) is 3.03. The van der Waals surface area contributed by atoms with E-state index in [0.29, 0.717) is 17.1 Å². The summed E-state index contributed by atoms with van der Waals surface area (Å²) in [6, 6.07) is 9.63. The summed E-state index contributed by atoms with van der Waals surface area (Å²) in [7, 11) is 0. The Morgan fingerprint density at radius 1 is 1.00 bits per heavy atom. The van der Waals surface area contributed by atoms with Crippen molar-refractivity contribution in [1.82, 2.24) is 4.90 Å². The van der Waals surface area contributed by atoms with Gasteiger partial charge in [0.05, 0.1) is 13.2 Å². The lowest BCUT2D eigenvalue weighted by atomic mass is 10.0. The number of benzene rings is 1. The van der Waals surface area contributed by atoms with Gasteiger partial charge in [-0.05, 0) is 25.6 Å². The number of amides is 1. The van der Waals surface area contributed by atoms with Crippen LogP contribution in [0.2, 0.25) is 0 Å². The first-order valence-corrected chi connectivity index (χ1v) is 10.4. The fourth-order valence-corrected chi connectivity index (χ4v) is 3.48. The summed E-state index contributed by atoms with van der Waals surface area (Å²) in [6.07, 6.45) is 0. The Hall–Kier alpha value is -3.24. The molecule has 9 nitrogen and oxygen atoms in total. The highest BCUT2D eigenvalue weighted by atomic mass is 32.1. The summed E-state index contributed by atoms with van der Waals surface area (Å²) in [5, 5.41) is 20.1. The van der Waals surface area contributed by atoms with Crippen molar-refractivity contribution in [3.63, 3.8) is 0 Å². The smallest absolute Gasteiger partial charge is 0.414 e. The van der Waals surface area contributed by atoms with E-state index in [-0.39, 0.29) is 12.5 Å². The molecule has 0 saturated heterocycles. The first-order valence-electron chi connectivity index (χ1n) is 9.57. The molecule has 0 aliphatic carbocycles. The van der Waals surface area contributed by atoms with Crippen LogP contribution in [0.3, 0.4) is 0 Å². The van der Waals surface area contributed by atoms with E-state index in [1.165, 1.54) is 11.3 Å². The summed E-state index contributed by atoms with van der Waals surface area (Å²) in [5.74, 6) is -4.19. The summed E-state index contributed by atoms with van der Waals surface area (Å²) in [5.41, 5.74) is 2.12. The SMILES string of the molecule is CCOC(=O)c1c(-c2ccccc2)csc1NC(=O)CN(CC)CC.O=C(O)C(=O)O. The number of anilines is 1. The number of rotatable bonds is 8. The number of carboxylic acids is 2. The molecule has 168 valence electrons. The van der Waals surface area contributed by atoms with Crippen LogP contribution in [0.15, 0.2) is 35.7 Å². The zero-order chi connectivity index (χ0) is 23.4. The molecule has 0 bridgehead atoms. The third kappa shape index (κ3) is 8.19. The minimum Gasteiger partial charge on any atom is -0.473 e. The molecule has 0 radical (unpaired) electrons. The zero-order valence-electron chi connectivity index (χ0n) is 17.6. The Balaban J connectivity index is 0.000000703. The average Bonchev–Trinajstić information content (AvgIpc) is 3.16. The molecule has 2 rings (SSSR count). The number of likely N-dealkylation sites (N-methyl/N-ethyl adjacent to an activating group) is 1. The highest BCUT2D eigenvalue weighted by Gasteiger charge is 2.23. The van der Waals surface area contributed by atoms with Gasteiger partial charge in [0.25, 0.3) is 0 Å². The Morgan fingerprint density at radius 3 is 2.06 bits per heavy atom. The van der Waals surface area contributed by atoms with E-state index < -0.39 is 17.9 Å². The maximum Gasteiger partial charge on any atom is 0.414 e. The van der Waals surface area contributed by atoms with E-state index in [2.05, 4.69) is 5.32 Å². The quantitative estimate of drug-likeness (QED) is 0.413. The van der Waals surface area contributed by atoms with Crippen LogP contribution in [0.1, 0.15) is 31.1 Å². The number of thiophene rings is 1. The topological polar surface area (TPSA) is 133 Å². The third-order valence-corrected chi connectivity index (χ3v) is 4.95. The van der Waals surface area contributed by atoms with Crippen LogP contribution in [0.4, 0.5) is 5.00 Å². The van der Waals surface area contributed by atoms with Crippen LogP contribution in [-0.4, -0.2) is 65.2 Å². The van der Waals surface area contributed by atoms with Crippen molar-refractivity contribution in [2.24, 2.45) is 0 Å². The average molecular weight is 451 g/mol. The van der Waals surface area contributed by atoms with Crippen molar-refractivity contribution in [3.05, 3.63) is 41.3 Å². The second-order valence-electron chi connectivity index (χ2n) is 6.06. The van der Waals surface area contributed by atoms with Gasteiger partial charge >= 0.3 is 17.9 Å². The molecule has 1 heterocycles. The van der Waals surface area contributed by atoms with E-state index in [4.69, 9.17) is 24.5 Å². The number of nitrogens with zero attached hydrogens (tertiary/aromatic N) is 1. The van der Waals surface area contributed by atoms with Gasteiger partial charge in [-0.2, -0.15) is 0 Å². The highest BCUT2D eigenvalue weighted by Crippen LogP contribution is 2.36. The molecule has 1 amide bonds. The van der Waals surface area contributed by atoms with Gasteiger partial charge in [-0.25, -0.2) is 14.4 Å². The van der Waals surface area contributed by atoms with Crippen molar-refractivity contribution in [2.45, 2.75) is 20.8 Å². The molecule has 1 aromatic heterocycles. The van der Waals surface area contributed by atoms with E-state index in [1.807, 2.05) is 54.5 Å². The van der Waals surface area contributed by atoms with E-state index in [0.717, 1.165) is 24.2 Å². The standard InChI is InChI=1S/C19H24N2O3S.C2H2O4/c1-4-21(5-2)12-16(22)20-18-17(19(23)24-6-3)15(13-25-18)14-10-8-7-9-11-14;3-1(4)2(5)6/h7-11,13H,4-6,12H2,1-3H3,(H,20,22);(H,3,4)(H,5,6). The van der Waals surface area contributed by atoms with Gasteiger partial charge in [0.15, 0.2) is 0 Å². The van der Waals surface area contributed by atoms with E-state index in [9.17, 15) is 9.59 Å². The Labute approximate surface area is 184 Å². The van der Waals surface area contributed by atoms with Crippen molar-refractivity contribution in [1.29, 1.82) is 0 Å². The van der Waals surface area contributed by atoms with Gasteiger partial charge < -0.3 is 20.3 Å². The highest BCUT2D eigenvalue weighted by molar-refractivity contribution is 7.15. The lowest BCUT2D eigenvalue weighted by molar-refractivity contribution is -0.159. The molecular weight excluding hydrogens is 424 g/mol. The Morgan fingerprint density at radius 2 is 1.58 bits per heavy atom. The first kappa shape index (κ1) is 25.8. The molecule has 0 aliphatic rings. The number of esters is 1. The van der Waals surface area contributed by atoms with Crippen molar-refractivity contribution < 1.29 is 34.1 Å². The summed E-state index contributed by atoms with van der Waals surface area (Å²) in [6.45, 7) is 7.98. The van der Waals surface area contributed by atoms with E-state index in [1.54, 1.807) is 6.92 Å². The van der Waals surface area contributed by atoms with Crippen molar-refractivity contribution in [3.8, 4) is 11.1 Å². The fraction of sp³-hybridized carbons (Fsp3) is 0.333. The first-order chi connectivity index (χ1) is 14.7. The molecular formula is C21H26N2O7S. The molecule has 0 atom stereocenters. The number of nitrogens with one attached hydrogen (secondary N) is 1. The predicted molar refractivity (Wildman–Crippen MR) is 117 cm³/mol. The van der Waals surface area contributed by atoms with Crippen LogP contribution >= 0.6 is 11.3 Å².